The van der Waals surface area contributed by atoms with Gasteiger partial charge in [0.1, 0.15) is 22.3 Å². The van der Waals surface area contributed by atoms with Gasteiger partial charge in [-0.25, -0.2) is 21.9 Å². The molecule has 0 aromatic heterocycles. The number of hydrogen-bond acceptors (Lipinski definition) is 6. The van der Waals surface area contributed by atoms with Gasteiger partial charge in [0.25, 0.3) is 15.9 Å². The molecule has 0 unspecified atom stereocenters. The van der Waals surface area contributed by atoms with Gasteiger partial charge in [0.05, 0.1) is 12.2 Å². The van der Waals surface area contributed by atoms with E-state index in [2.05, 4.69) is 10.2 Å². The molecule has 1 amide bonds. The number of ether oxygens (including phenoxy) is 1. The maximum atomic E-state index is 15.1. The number of nitrogens with zero attached hydrogens (tertiary/aromatic N) is 1. The molecule has 2 aromatic rings. The van der Waals surface area contributed by atoms with Crippen LogP contribution in [-0.4, -0.2) is 52.0 Å². The predicted octanol–water partition coefficient (Wildman–Crippen LogP) is 5.81. The van der Waals surface area contributed by atoms with Crippen LogP contribution in [0.4, 0.5) is 14.5 Å². The molecule has 0 aliphatic heterocycles. The molecular formula is C30H39F2N3O4S. The number of anilines is 1. The molecule has 5 rings (SSSR count). The second-order valence-corrected chi connectivity index (χ2v) is 13.4. The number of rotatable bonds is 10. The Morgan fingerprint density at radius 2 is 1.65 bits per heavy atom. The van der Waals surface area contributed by atoms with Crippen molar-refractivity contribution in [1.82, 2.24) is 9.62 Å². The first kappa shape index (κ1) is 28.8. The minimum atomic E-state index is -4.59. The van der Waals surface area contributed by atoms with E-state index >= 15 is 8.78 Å². The van der Waals surface area contributed by atoms with Crippen LogP contribution >= 0.6 is 0 Å². The third-order valence-electron chi connectivity index (χ3n) is 8.50. The van der Waals surface area contributed by atoms with E-state index in [1.807, 2.05) is 18.8 Å². The zero-order valence-corrected chi connectivity index (χ0v) is 24.0. The highest BCUT2D eigenvalue weighted by atomic mass is 32.2. The van der Waals surface area contributed by atoms with Crippen LogP contribution in [0.5, 0.6) is 5.75 Å². The standard InChI is InChI=1S/C30H39F2N3O4S/c1-35(2)27-10-6-5-9-26(27)33-21-13-14-29(25(32)15-21)40(37,38)34-30(36)23-16-22(20-11-12-20)28(17-24(23)31)39-18-19-7-3-4-8-19/h13-17,19-20,26-27,33H,3-12,18H2,1-2H3,(H,34,36)/t26-,27-/m0/s1. The molecule has 0 saturated heterocycles. The van der Waals surface area contributed by atoms with Crippen LogP contribution in [0.3, 0.4) is 0 Å². The second-order valence-electron chi connectivity index (χ2n) is 11.8. The average molecular weight is 576 g/mol. The molecule has 2 N–H and O–H groups in total. The predicted molar refractivity (Wildman–Crippen MR) is 150 cm³/mol. The summed E-state index contributed by atoms with van der Waals surface area (Å²) in [6.45, 7) is 0.500. The molecule has 0 bridgehead atoms. The minimum absolute atomic E-state index is 0.110. The third-order valence-corrected chi connectivity index (χ3v) is 9.87. The Labute approximate surface area is 235 Å². The summed E-state index contributed by atoms with van der Waals surface area (Å²) in [4.78, 5) is 14.4. The van der Waals surface area contributed by atoms with Gasteiger partial charge in [-0.05, 0) is 94.3 Å². The van der Waals surface area contributed by atoms with E-state index in [1.54, 1.807) is 0 Å². The Morgan fingerprint density at radius 3 is 2.33 bits per heavy atom. The number of hydrogen-bond donors (Lipinski definition) is 2. The highest BCUT2D eigenvalue weighted by Crippen LogP contribution is 2.45. The molecule has 7 nitrogen and oxygen atoms in total. The summed E-state index contributed by atoms with van der Waals surface area (Å²) in [7, 11) is -0.565. The topological polar surface area (TPSA) is 87.7 Å². The molecule has 2 atom stereocenters. The zero-order valence-electron chi connectivity index (χ0n) is 23.2. The van der Waals surface area contributed by atoms with Gasteiger partial charge in [0.2, 0.25) is 0 Å². The van der Waals surface area contributed by atoms with Crippen molar-refractivity contribution < 1.29 is 26.7 Å². The first-order valence-corrected chi connectivity index (χ1v) is 15.9. The van der Waals surface area contributed by atoms with Gasteiger partial charge >= 0.3 is 0 Å². The number of amides is 1. The van der Waals surface area contributed by atoms with Gasteiger partial charge in [-0.15, -0.1) is 0 Å². The van der Waals surface area contributed by atoms with Crippen LogP contribution in [0.2, 0.25) is 0 Å². The van der Waals surface area contributed by atoms with Crippen molar-refractivity contribution in [2.75, 3.05) is 26.0 Å². The molecule has 2 aromatic carbocycles. The Bertz CT molecular complexity index is 1340. The smallest absolute Gasteiger partial charge is 0.267 e. The fourth-order valence-electron chi connectivity index (χ4n) is 6.12. The van der Waals surface area contributed by atoms with Crippen LogP contribution in [0, 0.1) is 17.6 Å². The van der Waals surface area contributed by atoms with Crippen LogP contribution < -0.4 is 14.8 Å². The van der Waals surface area contributed by atoms with E-state index in [0.29, 0.717) is 29.5 Å². The van der Waals surface area contributed by atoms with Gasteiger partial charge in [-0.2, -0.15) is 0 Å². The molecule has 3 fully saturated rings. The summed E-state index contributed by atoms with van der Waals surface area (Å²) in [5, 5.41) is 3.34. The molecule has 3 saturated carbocycles. The molecule has 218 valence electrons. The number of nitrogens with one attached hydrogen (secondary N) is 2. The van der Waals surface area contributed by atoms with E-state index < -0.39 is 38.0 Å². The fraction of sp³-hybridized carbons (Fsp3) is 0.567. The van der Waals surface area contributed by atoms with Crippen LogP contribution in [0.15, 0.2) is 35.2 Å². The van der Waals surface area contributed by atoms with Crippen molar-refractivity contribution in [2.24, 2.45) is 5.92 Å². The molecular weight excluding hydrogens is 536 g/mol. The van der Waals surface area contributed by atoms with Crippen LogP contribution in [0.1, 0.15) is 86.0 Å². The first-order valence-electron chi connectivity index (χ1n) is 14.4. The van der Waals surface area contributed by atoms with Gasteiger partial charge in [-0.1, -0.05) is 25.7 Å². The summed E-state index contributed by atoms with van der Waals surface area (Å²) in [5.74, 6) is -2.00. The number of likely N-dealkylation sites (N-methyl/N-ethyl adjacent to an activating group) is 1. The van der Waals surface area contributed by atoms with Crippen molar-refractivity contribution in [3.8, 4) is 5.75 Å². The van der Waals surface area contributed by atoms with E-state index in [1.165, 1.54) is 31.0 Å². The monoisotopic (exact) mass is 575 g/mol. The first-order chi connectivity index (χ1) is 19.1. The molecule has 40 heavy (non-hydrogen) atoms. The SMILES string of the molecule is CN(C)[C@H]1CCCC[C@@H]1Nc1ccc(S(=O)(=O)NC(=O)c2cc(C3CC3)c(OCC3CCCC3)cc2F)c(F)c1. The molecule has 0 radical (unpaired) electrons. The lowest BCUT2D eigenvalue weighted by atomic mass is 9.89. The highest BCUT2D eigenvalue weighted by Gasteiger charge is 2.32. The Morgan fingerprint density at radius 1 is 0.950 bits per heavy atom. The van der Waals surface area contributed by atoms with E-state index in [0.717, 1.165) is 63.5 Å². The summed E-state index contributed by atoms with van der Waals surface area (Å²) < 4.78 is 63.9. The van der Waals surface area contributed by atoms with Gasteiger partial charge < -0.3 is 15.0 Å². The quantitative estimate of drug-likeness (QED) is 0.372. The van der Waals surface area contributed by atoms with Crippen molar-refractivity contribution in [3.63, 3.8) is 0 Å². The Balaban J connectivity index is 1.30. The Kier molecular flexibility index (Phi) is 8.66. The number of halogens is 2. The third kappa shape index (κ3) is 6.60. The Hall–Kier alpha value is -2.72. The maximum Gasteiger partial charge on any atom is 0.267 e. The average Bonchev–Trinajstić information content (AvgIpc) is 3.61. The van der Waals surface area contributed by atoms with Crippen molar-refractivity contribution in [3.05, 3.63) is 53.1 Å². The maximum absolute atomic E-state index is 15.1. The molecule has 3 aliphatic rings. The molecule has 0 heterocycles. The summed E-state index contributed by atoms with van der Waals surface area (Å²) >= 11 is 0. The van der Waals surface area contributed by atoms with Crippen molar-refractivity contribution >= 4 is 21.6 Å². The van der Waals surface area contributed by atoms with Gasteiger partial charge in [-0.3, -0.25) is 4.79 Å². The minimum Gasteiger partial charge on any atom is -0.493 e. The largest absolute Gasteiger partial charge is 0.493 e. The fourth-order valence-corrected chi connectivity index (χ4v) is 7.15. The summed E-state index contributed by atoms with van der Waals surface area (Å²) in [5.41, 5.74) is 0.779. The van der Waals surface area contributed by atoms with Gasteiger partial charge in [0.15, 0.2) is 0 Å². The van der Waals surface area contributed by atoms with Gasteiger partial charge in [0, 0.05) is 23.8 Å². The lowest BCUT2D eigenvalue weighted by molar-refractivity contribution is 0.0977. The lowest BCUT2D eigenvalue weighted by Gasteiger charge is -2.37. The van der Waals surface area contributed by atoms with Crippen molar-refractivity contribution in [2.45, 2.75) is 87.1 Å². The van der Waals surface area contributed by atoms with Crippen LogP contribution in [-0.2, 0) is 10.0 Å². The summed E-state index contributed by atoms with van der Waals surface area (Å²) in [6, 6.07) is 6.71. The number of benzene rings is 2. The molecule has 3 aliphatic carbocycles. The second kappa shape index (κ2) is 12.0. The number of carbonyl (C=O) groups excluding carboxylic acids is 1. The normalized spacial score (nSPS) is 21.9. The zero-order chi connectivity index (χ0) is 28.4. The van der Waals surface area contributed by atoms with Crippen molar-refractivity contribution in [1.29, 1.82) is 0 Å². The molecule has 0 spiro atoms. The van der Waals surface area contributed by atoms with E-state index in [9.17, 15) is 13.2 Å². The number of carbonyl (C=O) groups is 1. The van der Waals surface area contributed by atoms with E-state index in [-0.39, 0.29) is 18.0 Å². The number of sulfonamides is 1. The molecule has 10 heteroatoms. The summed E-state index contributed by atoms with van der Waals surface area (Å²) in [6.07, 6.45) is 10.5. The van der Waals surface area contributed by atoms with Crippen LogP contribution in [0.25, 0.3) is 0 Å². The van der Waals surface area contributed by atoms with E-state index in [4.69, 9.17) is 4.74 Å². The highest BCUT2D eigenvalue weighted by molar-refractivity contribution is 7.90. The lowest BCUT2D eigenvalue weighted by Crippen LogP contribution is -2.45.